The molecule has 0 radical (unpaired) electrons. The SMILES string of the molecule is CC(C)=CC(=O)c1ccc(C#N)cc1. The summed E-state index contributed by atoms with van der Waals surface area (Å²) in [6.07, 6.45) is 1.58. The molecule has 0 saturated carbocycles. The van der Waals surface area contributed by atoms with Crippen LogP contribution >= 0.6 is 0 Å². The summed E-state index contributed by atoms with van der Waals surface area (Å²) in [6.45, 7) is 3.75. The molecule has 14 heavy (non-hydrogen) atoms. The van der Waals surface area contributed by atoms with Gasteiger partial charge in [-0.05, 0) is 44.2 Å². The lowest BCUT2D eigenvalue weighted by atomic mass is 10.1. The van der Waals surface area contributed by atoms with Crippen LogP contribution in [0.2, 0.25) is 0 Å². The number of carbonyl (C=O) groups excluding carboxylic acids is 1. The van der Waals surface area contributed by atoms with Gasteiger partial charge in [0, 0.05) is 5.56 Å². The summed E-state index contributed by atoms with van der Waals surface area (Å²) in [7, 11) is 0. The highest BCUT2D eigenvalue weighted by Gasteiger charge is 2.01. The summed E-state index contributed by atoms with van der Waals surface area (Å²) in [5.74, 6) is -0.0190. The fourth-order valence-corrected chi connectivity index (χ4v) is 1.05. The topological polar surface area (TPSA) is 40.9 Å². The second-order valence-electron chi connectivity index (χ2n) is 3.28. The smallest absolute Gasteiger partial charge is 0.185 e. The van der Waals surface area contributed by atoms with Crippen LogP contribution in [-0.2, 0) is 0 Å². The van der Waals surface area contributed by atoms with Gasteiger partial charge < -0.3 is 0 Å². The molecule has 0 unspecified atom stereocenters. The highest BCUT2D eigenvalue weighted by molar-refractivity contribution is 6.04. The van der Waals surface area contributed by atoms with Gasteiger partial charge in [0.2, 0.25) is 0 Å². The largest absolute Gasteiger partial charge is 0.289 e. The van der Waals surface area contributed by atoms with E-state index >= 15 is 0 Å². The molecule has 70 valence electrons. The minimum Gasteiger partial charge on any atom is -0.289 e. The molecule has 0 aliphatic rings. The first-order chi connectivity index (χ1) is 6.63. The number of hydrogen-bond donors (Lipinski definition) is 0. The molecule has 0 spiro atoms. The lowest BCUT2D eigenvalue weighted by Crippen LogP contribution is -1.94. The van der Waals surface area contributed by atoms with Gasteiger partial charge in [-0.25, -0.2) is 0 Å². The molecule has 0 aliphatic heterocycles. The van der Waals surface area contributed by atoms with Crippen molar-refractivity contribution in [2.45, 2.75) is 13.8 Å². The minimum absolute atomic E-state index is 0.0190. The van der Waals surface area contributed by atoms with E-state index in [0.29, 0.717) is 11.1 Å². The monoisotopic (exact) mass is 185 g/mol. The summed E-state index contributed by atoms with van der Waals surface area (Å²) in [4.78, 5) is 11.5. The van der Waals surface area contributed by atoms with Crippen LogP contribution in [0, 0.1) is 11.3 Å². The molecule has 0 amide bonds. The average Bonchev–Trinajstić information content (AvgIpc) is 2.17. The van der Waals surface area contributed by atoms with Crippen molar-refractivity contribution in [1.29, 1.82) is 5.26 Å². The van der Waals surface area contributed by atoms with Gasteiger partial charge in [-0.3, -0.25) is 4.79 Å². The van der Waals surface area contributed by atoms with Gasteiger partial charge in [-0.15, -0.1) is 0 Å². The van der Waals surface area contributed by atoms with E-state index in [0.717, 1.165) is 5.57 Å². The van der Waals surface area contributed by atoms with Gasteiger partial charge in [-0.1, -0.05) is 5.57 Å². The highest BCUT2D eigenvalue weighted by atomic mass is 16.1. The Morgan fingerprint density at radius 3 is 2.29 bits per heavy atom. The third kappa shape index (κ3) is 2.56. The van der Waals surface area contributed by atoms with Crippen molar-refractivity contribution < 1.29 is 4.79 Å². The number of ketones is 1. The van der Waals surface area contributed by atoms with Crippen LogP contribution in [0.15, 0.2) is 35.9 Å². The Balaban J connectivity index is 2.94. The van der Waals surface area contributed by atoms with E-state index in [9.17, 15) is 4.79 Å². The van der Waals surface area contributed by atoms with Gasteiger partial charge in [0.15, 0.2) is 5.78 Å². The molecule has 0 N–H and O–H groups in total. The minimum atomic E-state index is -0.0190. The van der Waals surface area contributed by atoms with Crippen LogP contribution in [0.25, 0.3) is 0 Å². The summed E-state index contributed by atoms with van der Waals surface area (Å²) in [6, 6.07) is 8.63. The maximum absolute atomic E-state index is 11.5. The first-order valence-electron chi connectivity index (χ1n) is 4.33. The molecule has 0 fully saturated rings. The van der Waals surface area contributed by atoms with Crippen molar-refractivity contribution in [1.82, 2.24) is 0 Å². The summed E-state index contributed by atoms with van der Waals surface area (Å²) >= 11 is 0. The number of nitriles is 1. The van der Waals surface area contributed by atoms with Gasteiger partial charge in [0.1, 0.15) is 0 Å². The Bertz CT molecular complexity index is 403. The molecule has 2 nitrogen and oxygen atoms in total. The zero-order valence-electron chi connectivity index (χ0n) is 8.24. The third-order valence-electron chi connectivity index (χ3n) is 1.72. The zero-order valence-corrected chi connectivity index (χ0v) is 8.24. The van der Waals surface area contributed by atoms with Crippen molar-refractivity contribution in [3.63, 3.8) is 0 Å². The van der Waals surface area contributed by atoms with Crippen molar-refractivity contribution in [2.75, 3.05) is 0 Å². The Labute approximate surface area is 83.5 Å². The van der Waals surface area contributed by atoms with E-state index < -0.39 is 0 Å². The number of rotatable bonds is 2. The molecule has 2 heteroatoms. The summed E-state index contributed by atoms with van der Waals surface area (Å²) in [5, 5.41) is 8.57. The van der Waals surface area contributed by atoms with Crippen LogP contribution < -0.4 is 0 Å². The van der Waals surface area contributed by atoms with Gasteiger partial charge >= 0.3 is 0 Å². The molecule has 0 bridgehead atoms. The second-order valence-corrected chi connectivity index (χ2v) is 3.28. The Morgan fingerprint density at radius 2 is 1.86 bits per heavy atom. The van der Waals surface area contributed by atoms with Crippen LogP contribution in [0.1, 0.15) is 29.8 Å². The van der Waals surface area contributed by atoms with Crippen molar-refractivity contribution >= 4 is 5.78 Å². The Morgan fingerprint density at radius 1 is 1.29 bits per heavy atom. The molecule has 1 aromatic rings. The Kier molecular flexibility index (Phi) is 3.19. The van der Waals surface area contributed by atoms with Crippen molar-refractivity contribution in [2.24, 2.45) is 0 Å². The van der Waals surface area contributed by atoms with E-state index in [-0.39, 0.29) is 5.78 Å². The zero-order chi connectivity index (χ0) is 10.6. The van der Waals surface area contributed by atoms with Gasteiger partial charge in [-0.2, -0.15) is 5.26 Å². The molecule has 1 rings (SSSR count). The van der Waals surface area contributed by atoms with E-state index in [1.165, 1.54) is 0 Å². The molecular formula is C12H11NO. The third-order valence-corrected chi connectivity index (χ3v) is 1.72. The molecular weight excluding hydrogens is 174 g/mol. The number of benzene rings is 1. The van der Waals surface area contributed by atoms with Crippen LogP contribution in [0.5, 0.6) is 0 Å². The number of nitrogens with zero attached hydrogens (tertiary/aromatic N) is 1. The predicted molar refractivity (Wildman–Crippen MR) is 54.9 cm³/mol. The molecule has 0 atom stereocenters. The quantitative estimate of drug-likeness (QED) is 0.525. The molecule has 1 aromatic carbocycles. The van der Waals surface area contributed by atoms with Crippen LogP contribution in [0.3, 0.4) is 0 Å². The van der Waals surface area contributed by atoms with Crippen LogP contribution in [0.4, 0.5) is 0 Å². The summed E-state index contributed by atoms with van der Waals surface area (Å²) < 4.78 is 0. The number of hydrogen-bond acceptors (Lipinski definition) is 2. The van der Waals surface area contributed by atoms with Crippen LogP contribution in [-0.4, -0.2) is 5.78 Å². The fraction of sp³-hybridized carbons (Fsp3) is 0.167. The lowest BCUT2D eigenvalue weighted by molar-refractivity contribution is 0.104. The van der Waals surface area contributed by atoms with E-state index in [2.05, 4.69) is 0 Å². The second kappa shape index (κ2) is 4.38. The lowest BCUT2D eigenvalue weighted by Gasteiger charge is -1.96. The number of carbonyl (C=O) groups is 1. The normalized spacial score (nSPS) is 8.93. The molecule has 0 aromatic heterocycles. The maximum Gasteiger partial charge on any atom is 0.185 e. The average molecular weight is 185 g/mol. The first-order valence-corrected chi connectivity index (χ1v) is 4.33. The predicted octanol–water partition coefficient (Wildman–Crippen LogP) is 2.71. The Hall–Kier alpha value is -1.88. The molecule has 0 heterocycles. The van der Waals surface area contributed by atoms with Crippen molar-refractivity contribution in [3.05, 3.63) is 47.0 Å². The number of allylic oxidation sites excluding steroid dienone is 2. The molecule has 0 saturated heterocycles. The van der Waals surface area contributed by atoms with Crippen molar-refractivity contribution in [3.8, 4) is 6.07 Å². The van der Waals surface area contributed by atoms with Gasteiger partial charge in [0.05, 0.1) is 11.6 Å². The highest BCUT2D eigenvalue weighted by Crippen LogP contribution is 2.06. The molecule has 0 aliphatic carbocycles. The van der Waals surface area contributed by atoms with E-state index in [4.69, 9.17) is 5.26 Å². The van der Waals surface area contributed by atoms with Gasteiger partial charge in [0.25, 0.3) is 0 Å². The maximum atomic E-state index is 11.5. The first kappa shape index (κ1) is 10.2. The summed E-state index contributed by atoms with van der Waals surface area (Å²) in [5.41, 5.74) is 2.16. The standard InChI is InChI=1S/C12H11NO/c1-9(2)7-12(14)11-5-3-10(8-13)4-6-11/h3-7H,1-2H3. The van der Waals surface area contributed by atoms with E-state index in [1.807, 2.05) is 19.9 Å². The van der Waals surface area contributed by atoms with E-state index in [1.54, 1.807) is 30.3 Å². The fourth-order valence-electron chi connectivity index (χ4n) is 1.05.